The molecule has 2 fully saturated rings. The number of carbonyl (C=O) groups excluding carboxylic acids is 1. The van der Waals surface area contributed by atoms with Crippen molar-refractivity contribution in [1.29, 1.82) is 0 Å². The van der Waals surface area contributed by atoms with E-state index in [1.54, 1.807) is 23.5 Å². The summed E-state index contributed by atoms with van der Waals surface area (Å²) in [6, 6.07) is 4.32. The van der Waals surface area contributed by atoms with Crippen LogP contribution in [0.4, 0.5) is 4.79 Å². The van der Waals surface area contributed by atoms with Crippen LogP contribution in [-0.4, -0.2) is 27.2 Å². The molecule has 0 saturated heterocycles. The lowest BCUT2D eigenvalue weighted by molar-refractivity contribution is -0.0245. The summed E-state index contributed by atoms with van der Waals surface area (Å²) in [6.45, 7) is 5.78. The normalized spacial score (nSPS) is 35.2. The van der Waals surface area contributed by atoms with Gasteiger partial charge in [0.25, 0.3) is 0 Å². The van der Waals surface area contributed by atoms with Crippen molar-refractivity contribution in [2.24, 2.45) is 34.5 Å². The van der Waals surface area contributed by atoms with Gasteiger partial charge in [-0.05, 0) is 103 Å². The summed E-state index contributed by atoms with van der Waals surface area (Å²) in [6.07, 6.45) is 23.1. The van der Waals surface area contributed by atoms with Crippen LogP contribution in [-0.2, 0) is 4.84 Å². The Labute approximate surface area is 214 Å². The van der Waals surface area contributed by atoms with Crippen LogP contribution in [0.25, 0.3) is 5.57 Å². The highest BCUT2D eigenvalue weighted by Gasteiger charge is 2.57. The smallest absolute Gasteiger partial charge is 0.353 e. The van der Waals surface area contributed by atoms with Gasteiger partial charge in [0.05, 0.1) is 0 Å². The van der Waals surface area contributed by atoms with Crippen LogP contribution >= 0.6 is 0 Å². The minimum atomic E-state index is -0.446. The molecule has 0 spiro atoms. The number of nitrogens with one attached hydrogen (secondary N) is 1. The Hall–Kier alpha value is -2.73. The van der Waals surface area contributed by atoms with Gasteiger partial charge in [-0.3, -0.25) is 4.98 Å². The predicted molar refractivity (Wildman–Crippen MR) is 140 cm³/mol. The summed E-state index contributed by atoms with van der Waals surface area (Å²) < 4.78 is 1.33. The van der Waals surface area contributed by atoms with E-state index in [-0.39, 0.29) is 0 Å². The molecule has 2 aromatic rings. The zero-order chi connectivity index (χ0) is 24.8. The first-order valence-electron chi connectivity index (χ1n) is 13.7. The molecule has 0 amide bonds. The number of hydrogen-bond acceptors (Lipinski definition) is 5. The molecule has 0 bridgehead atoms. The van der Waals surface area contributed by atoms with Crippen LogP contribution in [0.15, 0.2) is 61.0 Å². The molecule has 36 heavy (non-hydrogen) atoms. The summed E-state index contributed by atoms with van der Waals surface area (Å²) in [5.41, 5.74) is 8.08. The van der Waals surface area contributed by atoms with Crippen molar-refractivity contribution in [3.63, 3.8) is 0 Å². The zero-order valence-electron chi connectivity index (χ0n) is 21.5. The first kappa shape index (κ1) is 23.7. The molecule has 2 aromatic heterocycles. The maximum Gasteiger partial charge on any atom is 0.438 e. The standard InChI is InChI=1S/C30H38N4O2/c1-29-12-9-21(11-15-33-36-28(35)34-17-16-32-20-34)18-23(29)5-6-24-26-8-7-25(22-4-3-14-31-19-22)30(26,2)13-10-27(24)29/h3-4,7,14,16-21,24,26-27,33H,5-6,8-13,15H2,1-2H3/t21?,24-,26+,27+,29+,30-/m1/s1. The predicted octanol–water partition coefficient (Wildman–Crippen LogP) is 6.43. The number of fused-ring (bicyclic) bond motifs is 5. The van der Waals surface area contributed by atoms with Crippen molar-refractivity contribution < 1.29 is 9.63 Å². The van der Waals surface area contributed by atoms with E-state index in [0.29, 0.717) is 23.3 Å². The van der Waals surface area contributed by atoms with Gasteiger partial charge in [-0.2, -0.15) is 5.48 Å². The van der Waals surface area contributed by atoms with Gasteiger partial charge in [0.2, 0.25) is 0 Å². The van der Waals surface area contributed by atoms with E-state index in [1.165, 1.54) is 61.4 Å². The van der Waals surface area contributed by atoms with E-state index in [9.17, 15) is 4.79 Å². The molecular formula is C30H38N4O2. The SMILES string of the molecule is C[C@]12CCC(CCNOC(=O)n3ccnc3)C=C1CC[C@H]1[C@@H]2CC[C@]2(C)C(c3cccnc3)=CC[C@@H]12. The van der Waals surface area contributed by atoms with Crippen molar-refractivity contribution in [1.82, 2.24) is 20.0 Å². The van der Waals surface area contributed by atoms with Crippen molar-refractivity contribution in [3.8, 4) is 0 Å². The highest BCUT2D eigenvalue weighted by molar-refractivity contribution is 5.72. The van der Waals surface area contributed by atoms with Crippen LogP contribution in [0.5, 0.6) is 0 Å². The van der Waals surface area contributed by atoms with Gasteiger partial charge in [0, 0.05) is 31.3 Å². The Kier molecular flexibility index (Phi) is 6.11. The molecule has 2 saturated carbocycles. The molecule has 6 nitrogen and oxygen atoms in total. The molecule has 4 aliphatic carbocycles. The van der Waals surface area contributed by atoms with Crippen molar-refractivity contribution >= 4 is 11.7 Å². The quantitative estimate of drug-likeness (QED) is 0.300. The van der Waals surface area contributed by atoms with Gasteiger partial charge >= 0.3 is 6.09 Å². The first-order valence-corrected chi connectivity index (χ1v) is 13.7. The number of hydrogen-bond donors (Lipinski definition) is 1. The Morgan fingerprint density at radius 2 is 2.03 bits per heavy atom. The largest absolute Gasteiger partial charge is 0.438 e. The van der Waals surface area contributed by atoms with E-state index in [4.69, 9.17) is 4.84 Å². The van der Waals surface area contributed by atoms with Crippen LogP contribution in [0, 0.1) is 34.5 Å². The van der Waals surface area contributed by atoms with E-state index in [2.05, 4.69) is 59.8 Å². The zero-order valence-corrected chi connectivity index (χ0v) is 21.5. The molecule has 0 aliphatic heterocycles. The average Bonchev–Trinajstić information content (AvgIpc) is 3.55. The number of allylic oxidation sites excluding steroid dienone is 4. The summed E-state index contributed by atoms with van der Waals surface area (Å²) in [7, 11) is 0. The molecule has 0 radical (unpaired) electrons. The lowest BCUT2D eigenvalue weighted by atomic mass is 9.46. The number of carbonyl (C=O) groups is 1. The number of hydroxylamine groups is 1. The van der Waals surface area contributed by atoms with Gasteiger partial charge in [-0.1, -0.05) is 37.6 Å². The van der Waals surface area contributed by atoms with Crippen molar-refractivity contribution in [3.05, 3.63) is 66.5 Å². The Morgan fingerprint density at radius 1 is 1.14 bits per heavy atom. The van der Waals surface area contributed by atoms with Crippen LogP contribution < -0.4 is 5.48 Å². The molecule has 6 heteroatoms. The van der Waals surface area contributed by atoms with E-state index >= 15 is 0 Å². The fraction of sp³-hybridized carbons (Fsp3) is 0.567. The van der Waals surface area contributed by atoms with Crippen molar-refractivity contribution in [2.45, 2.75) is 65.2 Å². The topological polar surface area (TPSA) is 69.0 Å². The van der Waals surface area contributed by atoms with Gasteiger partial charge in [0.15, 0.2) is 0 Å². The van der Waals surface area contributed by atoms with Crippen LogP contribution in [0.3, 0.4) is 0 Å². The first-order chi connectivity index (χ1) is 17.5. The lowest BCUT2D eigenvalue weighted by Gasteiger charge is -2.58. The summed E-state index contributed by atoms with van der Waals surface area (Å²) in [5.74, 6) is 2.93. The lowest BCUT2D eigenvalue weighted by Crippen LogP contribution is -2.49. The van der Waals surface area contributed by atoms with Crippen LogP contribution in [0.1, 0.15) is 70.8 Å². The third kappa shape index (κ3) is 3.94. The molecule has 6 rings (SSSR count). The van der Waals surface area contributed by atoms with Gasteiger partial charge in [0.1, 0.15) is 6.33 Å². The maximum atomic E-state index is 11.9. The minimum Gasteiger partial charge on any atom is -0.353 e. The second kappa shape index (κ2) is 9.29. The fourth-order valence-corrected chi connectivity index (χ4v) is 8.34. The second-order valence-electron chi connectivity index (χ2n) is 11.9. The summed E-state index contributed by atoms with van der Waals surface area (Å²) in [5, 5.41) is 0. The maximum absolute atomic E-state index is 11.9. The number of rotatable bonds is 5. The summed E-state index contributed by atoms with van der Waals surface area (Å²) in [4.78, 5) is 25.4. The van der Waals surface area contributed by atoms with Crippen LogP contribution in [0.2, 0.25) is 0 Å². The molecule has 1 N–H and O–H groups in total. The van der Waals surface area contributed by atoms with E-state index in [0.717, 1.165) is 24.2 Å². The number of nitrogens with zero attached hydrogens (tertiary/aromatic N) is 3. The van der Waals surface area contributed by atoms with E-state index in [1.807, 2.05) is 6.20 Å². The van der Waals surface area contributed by atoms with Gasteiger partial charge < -0.3 is 4.84 Å². The summed E-state index contributed by atoms with van der Waals surface area (Å²) >= 11 is 0. The molecule has 6 atom stereocenters. The number of aromatic nitrogens is 3. The third-order valence-corrected chi connectivity index (χ3v) is 10.3. The molecule has 190 valence electrons. The highest BCUT2D eigenvalue weighted by Crippen LogP contribution is 2.67. The molecular weight excluding hydrogens is 448 g/mol. The van der Waals surface area contributed by atoms with E-state index < -0.39 is 6.09 Å². The Balaban J connectivity index is 1.09. The highest BCUT2D eigenvalue weighted by atomic mass is 16.7. The monoisotopic (exact) mass is 486 g/mol. The molecule has 2 heterocycles. The number of imidazole rings is 1. The molecule has 0 aromatic carbocycles. The van der Waals surface area contributed by atoms with Gasteiger partial charge in [-0.25, -0.2) is 14.3 Å². The Bertz CT molecular complexity index is 1160. The third-order valence-electron chi connectivity index (χ3n) is 10.3. The minimum absolute atomic E-state index is 0.290. The van der Waals surface area contributed by atoms with Gasteiger partial charge in [-0.15, -0.1) is 0 Å². The Morgan fingerprint density at radius 3 is 2.83 bits per heavy atom. The van der Waals surface area contributed by atoms with Crippen molar-refractivity contribution in [2.75, 3.05) is 6.54 Å². The molecule has 4 aliphatic rings. The average molecular weight is 487 g/mol. The molecule has 1 unspecified atom stereocenters. The second-order valence-corrected chi connectivity index (χ2v) is 11.9. The number of pyridine rings is 1. The fourth-order valence-electron chi connectivity index (χ4n) is 8.34.